The van der Waals surface area contributed by atoms with E-state index in [9.17, 15) is 4.79 Å². The van der Waals surface area contributed by atoms with Crippen LogP contribution < -0.4 is 14.8 Å². The number of nitrogens with one attached hydrogen (secondary N) is 1. The van der Waals surface area contributed by atoms with Gasteiger partial charge in [0.05, 0.1) is 24.4 Å². The lowest BCUT2D eigenvalue weighted by Gasteiger charge is -2.11. The van der Waals surface area contributed by atoms with Gasteiger partial charge in [0, 0.05) is 5.39 Å². The summed E-state index contributed by atoms with van der Waals surface area (Å²) in [7, 11) is 3.05. The molecule has 4 rings (SSSR count). The zero-order chi connectivity index (χ0) is 18.1. The zero-order valence-corrected chi connectivity index (χ0v) is 15.1. The van der Waals surface area contributed by atoms with Crippen molar-refractivity contribution in [1.29, 1.82) is 0 Å². The SMILES string of the molecule is COc1cccc(OC)c1C(=O)Nc1nc2c(ccc3ccccc32)s1. The fourth-order valence-corrected chi connectivity index (χ4v) is 3.83. The van der Waals surface area contributed by atoms with Crippen molar-refractivity contribution in [2.24, 2.45) is 0 Å². The van der Waals surface area contributed by atoms with E-state index in [4.69, 9.17) is 9.47 Å². The Morgan fingerprint density at radius 2 is 1.69 bits per heavy atom. The van der Waals surface area contributed by atoms with Crippen LogP contribution in [0.5, 0.6) is 11.5 Å². The van der Waals surface area contributed by atoms with E-state index in [-0.39, 0.29) is 5.91 Å². The molecule has 0 saturated carbocycles. The Hall–Kier alpha value is -3.12. The van der Waals surface area contributed by atoms with Crippen LogP contribution in [0.3, 0.4) is 0 Å². The summed E-state index contributed by atoms with van der Waals surface area (Å²) in [5.74, 6) is 0.587. The van der Waals surface area contributed by atoms with Gasteiger partial charge in [-0.1, -0.05) is 47.7 Å². The third-order valence-electron chi connectivity index (χ3n) is 4.16. The number of carbonyl (C=O) groups is 1. The molecule has 1 heterocycles. The Balaban J connectivity index is 1.74. The number of anilines is 1. The van der Waals surface area contributed by atoms with Gasteiger partial charge in [0.25, 0.3) is 5.91 Å². The Labute approximate surface area is 154 Å². The number of amides is 1. The van der Waals surface area contributed by atoms with Gasteiger partial charge in [0.2, 0.25) is 0 Å². The van der Waals surface area contributed by atoms with Gasteiger partial charge in [-0.25, -0.2) is 4.98 Å². The van der Waals surface area contributed by atoms with E-state index in [0.29, 0.717) is 22.2 Å². The average Bonchev–Trinajstić information content (AvgIpc) is 3.10. The first-order valence-corrected chi connectivity index (χ1v) is 8.83. The number of fused-ring (bicyclic) bond motifs is 3. The summed E-state index contributed by atoms with van der Waals surface area (Å²) in [5, 5.41) is 5.59. The second-order valence-corrected chi connectivity index (χ2v) is 6.67. The van der Waals surface area contributed by atoms with Crippen LogP contribution in [0.2, 0.25) is 0 Å². The maximum atomic E-state index is 12.8. The van der Waals surface area contributed by atoms with E-state index in [1.54, 1.807) is 18.2 Å². The molecule has 3 aromatic carbocycles. The number of aromatic nitrogens is 1. The lowest BCUT2D eigenvalue weighted by Crippen LogP contribution is -2.14. The van der Waals surface area contributed by atoms with Crippen molar-refractivity contribution in [2.75, 3.05) is 19.5 Å². The van der Waals surface area contributed by atoms with Crippen molar-refractivity contribution < 1.29 is 14.3 Å². The molecular formula is C20H16N2O3S. The Morgan fingerprint density at radius 1 is 0.962 bits per heavy atom. The Morgan fingerprint density at radius 3 is 2.42 bits per heavy atom. The molecule has 0 aliphatic rings. The molecule has 0 aliphatic carbocycles. The number of benzene rings is 3. The Kier molecular flexibility index (Phi) is 4.18. The topological polar surface area (TPSA) is 60.5 Å². The molecule has 26 heavy (non-hydrogen) atoms. The minimum absolute atomic E-state index is 0.317. The smallest absolute Gasteiger partial charge is 0.265 e. The van der Waals surface area contributed by atoms with Gasteiger partial charge in [-0.05, 0) is 23.6 Å². The summed E-state index contributed by atoms with van der Waals surface area (Å²) < 4.78 is 11.6. The maximum absolute atomic E-state index is 12.8. The lowest BCUT2D eigenvalue weighted by atomic mass is 10.1. The fraction of sp³-hybridized carbons (Fsp3) is 0.100. The number of thiazole rings is 1. The highest BCUT2D eigenvalue weighted by Gasteiger charge is 2.19. The number of carbonyl (C=O) groups excluding carboxylic acids is 1. The van der Waals surface area contributed by atoms with Crippen LogP contribution in [0.15, 0.2) is 54.6 Å². The van der Waals surface area contributed by atoms with Crippen LogP contribution in [-0.2, 0) is 0 Å². The van der Waals surface area contributed by atoms with Crippen LogP contribution in [0.1, 0.15) is 10.4 Å². The quantitative estimate of drug-likeness (QED) is 0.569. The van der Waals surface area contributed by atoms with Crippen molar-refractivity contribution in [3.63, 3.8) is 0 Å². The second-order valence-electron chi connectivity index (χ2n) is 5.64. The van der Waals surface area contributed by atoms with Crippen molar-refractivity contribution in [3.8, 4) is 11.5 Å². The van der Waals surface area contributed by atoms with Crippen LogP contribution in [0, 0.1) is 0 Å². The standard InChI is InChI=1S/C20H16N2O3S/c1-24-14-8-5-9-15(25-2)17(14)19(23)22-20-21-18-13-7-4-3-6-12(13)10-11-16(18)26-20/h3-11H,1-2H3,(H,21,22,23). The predicted octanol–water partition coefficient (Wildman–Crippen LogP) is 4.72. The van der Waals surface area contributed by atoms with Crippen LogP contribution >= 0.6 is 11.3 Å². The summed E-state index contributed by atoms with van der Waals surface area (Å²) >= 11 is 1.44. The van der Waals surface area contributed by atoms with Crippen LogP contribution in [0.4, 0.5) is 5.13 Å². The molecule has 6 heteroatoms. The number of ether oxygens (including phenoxy) is 2. The van der Waals surface area contributed by atoms with Crippen LogP contribution in [0.25, 0.3) is 21.0 Å². The molecule has 1 aromatic heterocycles. The van der Waals surface area contributed by atoms with Crippen molar-refractivity contribution in [3.05, 3.63) is 60.2 Å². The summed E-state index contributed by atoms with van der Waals surface area (Å²) in [4.78, 5) is 17.4. The average molecular weight is 364 g/mol. The second kappa shape index (κ2) is 6.65. The lowest BCUT2D eigenvalue weighted by molar-refractivity contribution is 0.102. The first kappa shape index (κ1) is 16.4. The maximum Gasteiger partial charge on any atom is 0.265 e. The summed E-state index contributed by atoms with van der Waals surface area (Å²) in [6.45, 7) is 0. The third kappa shape index (κ3) is 2.74. The minimum Gasteiger partial charge on any atom is -0.496 e. The van der Waals surface area contributed by atoms with Gasteiger partial charge in [-0.3, -0.25) is 10.1 Å². The molecule has 0 fully saturated rings. The van der Waals surface area contributed by atoms with E-state index in [1.807, 2.05) is 30.3 Å². The normalized spacial score (nSPS) is 10.8. The van der Waals surface area contributed by atoms with E-state index in [2.05, 4.69) is 16.4 Å². The summed E-state index contributed by atoms with van der Waals surface area (Å²) in [6.07, 6.45) is 0. The highest BCUT2D eigenvalue weighted by atomic mass is 32.1. The molecule has 130 valence electrons. The molecule has 4 aromatic rings. The number of methoxy groups -OCH3 is 2. The van der Waals surface area contributed by atoms with E-state index in [1.165, 1.54) is 25.6 Å². The van der Waals surface area contributed by atoms with Gasteiger partial charge in [-0.2, -0.15) is 0 Å². The molecule has 1 amide bonds. The van der Waals surface area contributed by atoms with E-state index < -0.39 is 0 Å². The molecule has 0 spiro atoms. The molecule has 0 radical (unpaired) electrons. The first-order chi connectivity index (χ1) is 12.7. The van der Waals surface area contributed by atoms with Gasteiger partial charge >= 0.3 is 0 Å². The van der Waals surface area contributed by atoms with E-state index in [0.717, 1.165) is 21.0 Å². The first-order valence-electron chi connectivity index (χ1n) is 8.02. The van der Waals surface area contributed by atoms with Crippen molar-refractivity contribution in [1.82, 2.24) is 4.98 Å². The molecule has 0 saturated heterocycles. The molecule has 0 atom stereocenters. The molecule has 0 aliphatic heterocycles. The number of hydrogen-bond donors (Lipinski definition) is 1. The monoisotopic (exact) mass is 364 g/mol. The summed E-state index contributed by atoms with van der Waals surface area (Å²) in [5.41, 5.74) is 1.23. The minimum atomic E-state index is -0.317. The highest BCUT2D eigenvalue weighted by Crippen LogP contribution is 2.33. The summed E-state index contributed by atoms with van der Waals surface area (Å²) in [6, 6.07) is 17.4. The van der Waals surface area contributed by atoms with Crippen molar-refractivity contribution >= 4 is 43.4 Å². The Bertz CT molecular complexity index is 1100. The molecule has 5 nitrogen and oxygen atoms in total. The zero-order valence-electron chi connectivity index (χ0n) is 14.3. The van der Waals surface area contributed by atoms with Gasteiger partial charge in [0.15, 0.2) is 5.13 Å². The molecule has 1 N–H and O–H groups in total. The third-order valence-corrected chi connectivity index (χ3v) is 5.09. The largest absolute Gasteiger partial charge is 0.496 e. The predicted molar refractivity (Wildman–Crippen MR) is 105 cm³/mol. The van der Waals surface area contributed by atoms with Crippen LogP contribution in [-0.4, -0.2) is 25.1 Å². The van der Waals surface area contributed by atoms with E-state index >= 15 is 0 Å². The highest BCUT2D eigenvalue weighted by molar-refractivity contribution is 7.22. The number of nitrogens with zero attached hydrogens (tertiary/aromatic N) is 1. The van der Waals surface area contributed by atoms with Gasteiger partial charge in [-0.15, -0.1) is 0 Å². The van der Waals surface area contributed by atoms with Crippen molar-refractivity contribution in [2.45, 2.75) is 0 Å². The number of rotatable bonds is 4. The van der Waals surface area contributed by atoms with Gasteiger partial charge < -0.3 is 9.47 Å². The molecule has 0 unspecified atom stereocenters. The molecule has 0 bridgehead atoms. The fourth-order valence-electron chi connectivity index (χ4n) is 2.95. The number of hydrogen-bond acceptors (Lipinski definition) is 5. The van der Waals surface area contributed by atoms with Gasteiger partial charge in [0.1, 0.15) is 17.1 Å². The molecular weight excluding hydrogens is 348 g/mol.